The second-order valence-electron chi connectivity index (χ2n) is 7.52. The minimum Gasteiger partial charge on any atom is -0.461 e. The van der Waals surface area contributed by atoms with Crippen LogP contribution in [0.25, 0.3) is 11.6 Å². The van der Waals surface area contributed by atoms with Crippen LogP contribution >= 0.6 is 11.8 Å². The number of hydrogen-bond acceptors (Lipinski definition) is 7. The van der Waals surface area contributed by atoms with Crippen molar-refractivity contribution < 1.29 is 18.7 Å². The van der Waals surface area contributed by atoms with Crippen LogP contribution < -0.4 is 14.8 Å². The molecule has 0 saturated heterocycles. The van der Waals surface area contributed by atoms with E-state index in [0.29, 0.717) is 35.6 Å². The van der Waals surface area contributed by atoms with Gasteiger partial charge < -0.3 is 19.2 Å². The number of rotatable bonds is 8. The summed E-state index contributed by atoms with van der Waals surface area (Å²) in [6.45, 7) is 3.04. The first kappa shape index (κ1) is 21.1. The number of nitrogens with zero attached hydrogens (tertiary/aromatic N) is 3. The predicted molar refractivity (Wildman–Crippen MR) is 123 cm³/mol. The fourth-order valence-electron chi connectivity index (χ4n) is 3.47. The van der Waals surface area contributed by atoms with Gasteiger partial charge in [-0.15, -0.1) is 10.2 Å². The highest BCUT2D eigenvalue weighted by molar-refractivity contribution is 8.00. The van der Waals surface area contributed by atoms with E-state index in [1.165, 1.54) is 11.8 Å². The lowest BCUT2D eigenvalue weighted by atomic mass is 10.2. The number of ether oxygens (including phenoxy) is 2. The fourth-order valence-corrected chi connectivity index (χ4v) is 4.34. The van der Waals surface area contributed by atoms with E-state index in [9.17, 15) is 4.79 Å². The maximum Gasteiger partial charge on any atom is 0.233 e. The van der Waals surface area contributed by atoms with Gasteiger partial charge in [0, 0.05) is 6.54 Å². The van der Waals surface area contributed by atoms with E-state index >= 15 is 0 Å². The Kier molecular flexibility index (Phi) is 6.03. The standard InChI is InChI=1S/C24H22N4O4S/c1-16(23(29)25-13-18-9-10-19-21(12-18)32-15-31-19)33-24-27-26-22(20-8-5-11-30-20)28(24)14-17-6-3-2-4-7-17/h2-12,16H,13-15H2,1H3,(H,25,29). The first-order valence-corrected chi connectivity index (χ1v) is 11.4. The van der Waals surface area contributed by atoms with Crippen LogP contribution in [0.1, 0.15) is 18.1 Å². The van der Waals surface area contributed by atoms with Gasteiger partial charge in [0.1, 0.15) is 0 Å². The maximum atomic E-state index is 12.8. The average molecular weight is 463 g/mol. The molecular formula is C24H22N4O4S. The number of thioether (sulfide) groups is 1. The van der Waals surface area contributed by atoms with Gasteiger partial charge in [-0.05, 0) is 42.3 Å². The predicted octanol–water partition coefficient (Wildman–Crippen LogP) is 4.11. The highest BCUT2D eigenvalue weighted by atomic mass is 32.2. The Bertz CT molecular complexity index is 1240. The van der Waals surface area contributed by atoms with Gasteiger partial charge >= 0.3 is 0 Å². The monoisotopic (exact) mass is 462 g/mol. The number of hydrogen-bond donors (Lipinski definition) is 1. The Labute approximate surface area is 194 Å². The number of aromatic nitrogens is 3. The maximum absolute atomic E-state index is 12.8. The van der Waals surface area contributed by atoms with Gasteiger partial charge in [0.2, 0.25) is 18.5 Å². The van der Waals surface area contributed by atoms with Crippen molar-refractivity contribution in [3.8, 4) is 23.1 Å². The molecule has 0 radical (unpaired) electrons. The Morgan fingerprint density at radius 3 is 2.73 bits per heavy atom. The van der Waals surface area contributed by atoms with E-state index in [-0.39, 0.29) is 18.0 Å². The molecule has 5 rings (SSSR count). The SMILES string of the molecule is CC(Sc1nnc(-c2ccco2)n1Cc1ccccc1)C(=O)NCc1ccc2c(c1)OCO2. The van der Waals surface area contributed by atoms with Gasteiger partial charge in [-0.2, -0.15) is 0 Å². The van der Waals surface area contributed by atoms with E-state index in [0.717, 1.165) is 16.9 Å². The smallest absolute Gasteiger partial charge is 0.233 e. The second-order valence-corrected chi connectivity index (χ2v) is 8.83. The van der Waals surface area contributed by atoms with Crippen LogP contribution in [-0.4, -0.2) is 32.7 Å². The number of benzene rings is 2. The lowest BCUT2D eigenvalue weighted by Gasteiger charge is -2.14. The van der Waals surface area contributed by atoms with Crippen molar-refractivity contribution in [2.45, 2.75) is 30.4 Å². The quantitative estimate of drug-likeness (QED) is 0.394. The molecule has 0 fully saturated rings. The van der Waals surface area contributed by atoms with Crippen molar-refractivity contribution in [3.63, 3.8) is 0 Å². The zero-order chi connectivity index (χ0) is 22.6. The Hall–Kier alpha value is -3.72. The summed E-state index contributed by atoms with van der Waals surface area (Å²) in [5.74, 6) is 2.58. The third kappa shape index (κ3) is 4.73. The third-order valence-electron chi connectivity index (χ3n) is 5.20. The highest BCUT2D eigenvalue weighted by Crippen LogP contribution is 2.32. The van der Waals surface area contributed by atoms with E-state index < -0.39 is 0 Å². The number of fused-ring (bicyclic) bond motifs is 1. The molecule has 1 N–H and O–H groups in total. The molecule has 0 spiro atoms. The summed E-state index contributed by atoms with van der Waals surface area (Å²) in [7, 11) is 0. The van der Waals surface area contributed by atoms with Gasteiger partial charge in [-0.1, -0.05) is 48.2 Å². The summed E-state index contributed by atoms with van der Waals surface area (Å²) in [5.41, 5.74) is 2.05. The van der Waals surface area contributed by atoms with Crippen LogP contribution in [0.2, 0.25) is 0 Å². The lowest BCUT2D eigenvalue weighted by Crippen LogP contribution is -2.30. The Balaban J connectivity index is 1.29. The Morgan fingerprint density at radius 2 is 1.91 bits per heavy atom. The summed E-state index contributed by atoms with van der Waals surface area (Å²) < 4.78 is 18.3. The molecule has 3 heterocycles. The van der Waals surface area contributed by atoms with Crippen LogP contribution in [0.15, 0.2) is 76.5 Å². The minimum atomic E-state index is -0.373. The number of nitrogens with one attached hydrogen (secondary N) is 1. The van der Waals surface area contributed by atoms with Crippen molar-refractivity contribution in [1.82, 2.24) is 20.1 Å². The van der Waals surface area contributed by atoms with Crippen LogP contribution in [-0.2, 0) is 17.9 Å². The van der Waals surface area contributed by atoms with E-state index in [2.05, 4.69) is 15.5 Å². The lowest BCUT2D eigenvalue weighted by molar-refractivity contribution is -0.120. The molecule has 1 unspecified atom stereocenters. The van der Waals surface area contributed by atoms with Gasteiger partial charge in [-0.3, -0.25) is 9.36 Å². The van der Waals surface area contributed by atoms with Crippen molar-refractivity contribution in [1.29, 1.82) is 0 Å². The zero-order valence-corrected chi connectivity index (χ0v) is 18.7. The number of furan rings is 1. The van der Waals surface area contributed by atoms with E-state index in [4.69, 9.17) is 13.9 Å². The molecule has 168 valence electrons. The molecule has 2 aromatic heterocycles. The average Bonchev–Trinajstić information content (AvgIpc) is 3.59. The first-order valence-electron chi connectivity index (χ1n) is 10.5. The van der Waals surface area contributed by atoms with Crippen molar-refractivity contribution >= 4 is 17.7 Å². The van der Waals surface area contributed by atoms with Crippen LogP contribution in [0, 0.1) is 0 Å². The molecule has 1 atom stereocenters. The summed E-state index contributed by atoms with van der Waals surface area (Å²) in [4.78, 5) is 12.8. The van der Waals surface area contributed by atoms with Gasteiger partial charge in [0.05, 0.1) is 18.1 Å². The summed E-state index contributed by atoms with van der Waals surface area (Å²) in [5, 5.41) is 11.9. The summed E-state index contributed by atoms with van der Waals surface area (Å²) >= 11 is 1.36. The van der Waals surface area contributed by atoms with Gasteiger partial charge in [0.25, 0.3) is 0 Å². The molecule has 2 aromatic carbocycles. The van der Waals surface area contributed by atoms with Crippen molar-refractivity contribution in [2.75, 3.05) is 6.79 Å². The highest BCUT2D eigenvalue weighted by Gasteiger charge is 2.22. The minimum absolute atomic E-state index is 0.0912. The van der Waals surface area contributed by atoms with Crippen LogP contribution in [0.3, 0.4) is 0 Å². The first-order chi connectivity index (χ1) is 16.2. The molecule has 8 nitrogen and oxygen atoms in total. The molecule has 1 aliphatic rings. The molecule has 9 heteroatoms. The summed E-state index contributed by atoms with van der Waals surface area (Å²) in [6.07, 6.45) is 1.61. The van der Waals surface area contributed by atoms with Crippen molar-refractivity contribution in [2.24, 2.45) is 0 Å². The van der Waals surface area contributed by atoms with E-state index in [1.807, 2.05) is 72.2 Å². The van der Waals surface area contributed by atoms with Gasteiger partial charge in [-0.25, -0.2) is 0 Å². The number of amides is 1. The van der Waals surface area contributed by atoms with Crippen LogP contribution in [0.4, 0.5) is 0 Å². The van der Waals surface area contributed by atoms with Crippen LogP contribution in [0.5, 0.6) is 11.5 Å². The number of carbonyl (C=O) groups excluding carboxylic acids is 1. The molecule has 0 saturated carbocycles. The molecule has 1 aliphatic heterocycles. The molecule has 0 bridgehead atoms. The molecule has 1 amide bonds. The Morgan fingerprint density at radius 1 is 1.06 bits per heavy atom. The number of carbonyl (C=O) groups is 1. The molecule has 4 aromatic rings. The largest absolute Gasteiger partial charge is 0.461 e. The second kappa shape index (κ2) is 9.41. The summed E-state index contributed by atoms with van der Waals surface area (Å²) in [6, 6.07) is 19.4. The van der Waals surface area contributed by atoms with E-state index in [1.54, 1.807) is 6.26 Å². The molecule has 0 aliphatic carbocycles. The molecular weight excluding hydrogens is 440 g/mol. The molecule has 33 heavy (non-hydrogen) atoms. The zero-order valence-electron chi connectivity index (χ0n) is 17.9. The topological polar surface area (TPSA) is 91.4 Å². The normalized spacial score (nSPS) is 13.1. The fraction of sp³-hybridized carbons (Fsp3) is 0.208. The van der Waals surface area contributed by atoms with Crippen molar-refractivity contribution in [3.05, 3.63) is 78.1 Å². The third-order valence-corrected chi connectivity index (χ3v) is 6.28. The van der Waals surface area contributed by atoms with Gasteiger partial charge in [0.15, 0.2) is 22.4 Å².